The second-order valence-corrected chi connectivity index (χ2v) is 5.84. The maximum Gasteiger partial charge on any atom is 0.328 e. The molecule has 7 N–H and O–H groups in total. The second kappa shape index (κ2) is 9.83. The Morgan fingerprint density at radius 3 is 1.96 bits per heavy atom. The van der Waals surface area contributed by atoms with E-state index in [1.807, 2.05) is 0 Å². The maximum atomic E-state index is 11.8. The van der Waals surface area contributed by atoms with Crippen molar-refractivity contribution in [3.05, 3.63) is 0 Å². The van der Waals surface area contributed by atoms with Crippen molar-refractivity contribution >= 4 is 23.7 Å². The fourth-order valence-electron chi connectivity index (χ4n) is 1.61. The molecule has 0 fully saturated rings. The summed E-state index contributed by atoms with van der Waals surface area (Å²) in [5.74, 6) is -3.39. The summed E-state index contributed by atoms with van der Waals surface area (Å²) in [5, 5.41) is 24.9. The molecule has 0 rings (SSSR count). The summed E-state index contributed by atoms with van der Waals surface area (Å²) in [4.78, 5) is 46.0. The Hall–Kier alpha value is -2.20. The molecule has 0 aromatic carbocycles. The van der Waals surface area contributed by atoms with E-state index in [-0.39, 0.29) is 12.5 Å². The Kier molecular flexibility index (Phi) is 8.93. The zero-order chi connectivity index (χ0) is 19.0. The third kappa shape index (κ3) is 7.38. The SMILES string of the molecule is CC(C)[C@H](N)C(=O)NCC(=O)N[C@@H](C)C(=O)N[C@H](C(=O)O)[C@@H](C)O. The molecule has 0 saturated heterocycles. The van der Waals surface area contributed by atoms with Gasteiger partial charge in [0.25, 0.3) is 0 Å². The average Bonchev–Trinajstić information content (AvgIpc) is 2.47. The maximum absolute atomic E-state index is 11.8. The largest absolute Gasteiger partial charge is 0.480 e. The molecule has 0 aliphatic carbocycles. The monoisotopic (exact) mass is 346 g/mol. The van der Waals surface area contributed by atoms with Crippen molar-refractivity contribution in [3.8, 4) is 0 Å². The van der Waals surface area contributed by atoms with Crippen LogP contribution in [-0.4, -0.2) is 64.7 Å². The molecule has 0 aliphatic heterocycles. The molecule has 0 radical (unpaired) electrons. The molecule has 0 saturated carbocycles. The van der Waals surface area contributed by atoms with Gasteiger partial charge in [0.15, 0.2) is 6.04 Å². The van der Waals surface area contributed by atoms with Crippen LogP contribution >= 0.6 is 0 Å². The summed E-state index contributed by atoms with van der Waals surface area (Å²) in [5.41, 5.74) is 5.62. The van der Waals surface area contributed by atoms with Gasteiger partial charge in [0, 0.05) is 0 Å². The van der Waals surface area contributed by atoms with E-state index in [2.05, 4.69) is 16.0 Å². The predicted molar refractivity (Wildman–Crippen MR) is 84.7 cm³/mol. The molecule has 0 aromatic heterocycles. The Balaban J connectivity index is 4.42. The number of carboxylic acid groups (broad SMARTS) is 1. The first kappa shape index (κ1) is 21.8. The van der Waals surface area contributed by atoms with Gasteiger partial charge in [-0.3, -0.25) is 14.4 Å². The summed E-state index contributed by atoms with van der Waals surface area (Å²) in [7, 11) is 0. The standard InChI is InChI=1S/C14H26N4O6/c1-6(2)10(15)13(22)16-5-9(20)17-7(3)12(21)18-11(8(4)19)14(23)24/h6-8,10-11,19H,5,15H2,1-4H3,(H,16,22)(H,17,20)(H,18,21)(H,23,24)/t7-,8+,10-,11-/m0/s1. The lowest BCUT2D eigenvalue weighted by Crippen LogP contribution is -2.55. The number of nitrogens with two attached hydrogens (primary N) is 1. The van der Waals surface area contributed by atoms with Crippen LogP contribution in [0.15, 0.2) is 0 Å². The molecule has 0 bridgehead atoms. The van der Waals surface area contributed by atoms with Gasteiger partial charge in [-0.2, -0.15) is 0 Å². The van der Waals surface area contributed by atoms with Crippen molar-refractivity contribution < 1.29 is 29.4 Å². The molecule has 4 atom stereocenters. The number of carboxylic acids is 1. The molecule has 138 valence electrons. The zero-order valence-corrected chi connectivity index (χ0v) is 14.2. The first-order chi connectivity index (χ1) is 11.0. The lowest BCUT2D eigenvalue weighted by atomic mass is 10.1. The van der Waals surface area contributed by atoms with Crippen molar-refractivity contribution in [1.29, 1.82) is 0 Å². The van der Waals surface area contributed by atoms with Crippen LogP contribution in [0.5, 0.6) is 0 Å². The molecular formula is C14H26N4O6. The lowest BCUT2D eigenvalue weighted by Gasteiger charge is -2.20. The first-order valence-corrected chi connectivity index (χ1v) is 7.51. The number of aliphatic hydroxyl groups is 1. The van der Waals surface area contributed by atoms with Gasteiger partial charge in [-0.05, 0) is 19.8 Å². The van der Waals surface area contributed by atoms with Crippen molar-refractivity contribution in [3.63, 3.8) is 0 Å². The van der Waals surface area contributed by atoms with E-state index < -0.39 is 47.9 Å². The van der Waals surface area contributed by atoms with Crippen LogP contribution in [0.3, 0.4) is 0 Å². The number of carbonyl (C=O) groups excluding carboxylic acids is 3. The van der Waals surface area contributed by atoms with Crippen LogP contribution in [-0.2, 0) is 19.2 Å². The highest BCUT2D eigenvalue weighted by Crippen LogP contribution is 1.97. The predicted octanol–water partition coefficient (Wildman–Crippen LogP) is -2.46. The average molecular weight is 346 g/mol. The Morgan fingerprint density at radius 2 is 1.54 bits per heavy atom. The third-order valence-corrected chi connectivity index (χ3v) is 3.26. The Bertz CT molecular complexity index is 480. The van der Waals surface area contributed by atoms with E-state index >= 15 is 0 Å². The van der Waals surface area contributed by atoms with Crippen LogP contribution < -0.4 is 21.7 Å². The van der Waals surface area contributed by atoms with Crippen LogP contribution in [0.2, 0.25) is 0 Å². The van der Waals surface area contributed by atoms with Crippen LogP contribution in [0.4, 0.5) is 0 Å². The minimum atomic E-state index is -1.49. The zero-order valence-electron chi connectivity index (χ0n) is 14.2. The summed E-state index contributed by atoms with van der Waals surface area (Å²) in [6.07, 6.45) is -1.30. The fraction of sp³-hybridized carbons (Fsp3) is 0.714. The summed E-state index contributed by atoms with van der Waals surface area (Å²) >= 11 is 0. The number of nitrogens with one attached hydrogen (secondary N) is 3. The Morgan fingerprint density at radius 1 is 1.00 bits per heavy atom. The number of aliphatic hydroxyl groups excluding tert-OH is 1. The highest BCUT2D eigenvalue weighted by atomic mass is 16.4. The third-order valence-electron chi connectivity index (χ3n) is 3.26. The second-order valence-electron chi connectivity index (χ2n) is 5.84. The quantitative estimate of drug-likeness (QED) is 0.269. The highest BCUT2D eigenvalue weighted by molar-refractivity contribution is 5.92. The van der Waals surface area contributed by atoms with Gasteiger partial charge >= 0.3 is 5.97 Å². The molecule has 24 heavy (non-hydrogen) atoms. The van der Waals surface area contributed by atoms with Crippen LogP contribution in [0.25, 0.3) is 0 Å². The fourth-order valence-corrected chi connectivity index (χ4v) is 1.61. The number of amides is 3. The van der Waals surface area contributed by atoms with Gasteiger partial charge in [-0.25, -0.2) is 4.79 Å². The summed E-state index contributed by atoms with van der Waals surface area (Å²) < 4.78 is 0. The van der Waals surface area contributed by atoms with E-state index in [1.54, 1.807) is 13.8 Å². The molecule has 10 heteroatoms. The normalized spacial score (nSPS) is 15.8. The van der Waals surface area contributed by atoms with Crippen molar-refractivity contribution in [2.45, 2.75) is 51.9 Å². The number of hydrogen-bond donors (Lipinski definition) is 6. The molecule has 0 unspecified atom stereocenters. The lowest BCUT2D eigenvalue weighted by molar-refractivity contribution is -0.145. The molecule has 0 aliphatic rings. The van der Waals surface area contributed by atoms with Gasteiger partial charge in [0.1, 0.15) is 6.04 Å². The molecule has 0 spiro atoms. The minimum absolute atomic E-state index is 0.0915. The summed E-state index contributed by atoms with van der Waals surface area (Å²) in [6.45, 7) is 5.72. The topological polar surface area (TPSA) is 171 Å². The molecule has 10 nitrogen and oxygen atoms in total. The Labute approximate surface area is 140 Å². The van der Waals surface area contributed by atoms with E-state index in [4.69, 9.17) is 10.8 Å². The number of hydrogen-bond acceptors (Lipinski definition) is 6. The van der Waals surface area contributed by atoms with Crippen LogP contribution in [0, 0.1) is 5.92 Å². The van der Waals surface area contributed by atoms with Gasteiger partial charge in [-0.15, -0.1) is 0 Å². The minimum Gasteiger partial charge on any atom is -0.480 e. The summed E-state index contributed by atoms with van der Waals surface area (Å²) in [6, 6.07) is -3.28. The van der Waals surface area contributed by atoms with Gasteiger partial charge in [0.2, 0.25) is 17.7 Å². The number of rotatable bonds is 9. The molecule has 3 amide bonds. The first-order valence-electron chi connectivity index (χ1n) is 7.51. The van der Waals surface area contributed by atoms with Gasteiger partial charge < -0.3 is 31.9 Å². The van der Waals surface area contributed by atoms with Crippen LogP contribution in [0.1, 0.15) is 27.7 Å². The number of carbonyl (C=O) groups is 4. The van der Waals surface area contributed by atoms with Gasteiger partial charge in [-0.1, -0.05) is 13.8 Å². The molecule has 0 aromatic rings. The van der Waals surface area contributed by atoms with Crippen molar-refractivity contribution in [2.24, 2.45) is 11.7 Å². The molecule has 0 heterocycles. The van der Waals surface area contributed by atoms with Gasteiger partial charge in [0.05, 0.1) is 18.7 Å². The van der Waals surface area contributed by atoms with E-state index in [0.717, 1.165) is 0 Å². The van der Waals surface area contributed by atoms with Crippen molar-refractivity contribution in [2.75, 3.05) is 6.54 Å². The smallest absolute Gasteiger partial charge is 0.328 e. The van der Waals surface area contributed by atoms with E-state index in [0.29, 0.717) is 0 Å². The number of aliphatic carboxylic acids is 1. The highest BCUT2D eigenvalue weighted by Gasteiger charge is 2.27. The van der Waals surface area contributed by atoms with E-state index in [9.17, 15) is 24.3 Å². The molecular weight excluding hydrogens is 320 g/mol. The van der Waals surface area contributed by atoms with E-state index in [1.165, 1.54) is 13.8 Å². The van der Waals surface area contributed by atoms with Crippen molar-refractivity contribution in [1.82, 2.24) is 16.0 Å².